The van der Waals surface area contributed by atoms with Gasteiger partial charge in [-0.25, -0.2) is 0 Å². The Bertz CT molecular complexity index is 571. The van der Waals surface area contributed by atoms with E-state index in [0.717, 1.165) is 24.9 Å². The lowest BCUT2D eigenvalue weighted by atomic mass is 10.2. The molecule has 1 saturated heterocycles. The van der Waals surface area contributed by atoms with E-state index < -0.39 is 0 Å². The quantitative estimate of drug-likeness (QED) is 0.565. The average Bonchev–Trinajstić information content (AvgIpc) is 3.15. The SMILES string of the molecule is O=C(CCNC(=O)C1CCCN1)NCCC(=O)OCc1ccccc1. The van der Waals surface area contributed by atoms with Crippen LogP contribution in [0.15, 0.2) is 30.3 Å². The maximum Gasteiger partial charge on any atom is 0.307 e. The molecule has 7 heteroatoms. The molecule has 1 aliphatic rings. The standard InChI is InChI=1S/C18H25N3O4/c22-16(8-11-21-18(24)15-7-4-10-19-15)20-12-9-17(23)25-13-14-5-2-1-3-6-14/h1-3,5-6,15,19H,4,7-13H2,(H,20,22)(H,21,24). The monoisotopic (exact) mass is 347 g/mol. The molecular weight excluding hydrogens is 322 g/mol. The van der Waals surface area contributed by atoms with Gasteiger partial charge in [-0.1, -0.05) is 30.3 Å². The van der Waals surface area contributed by atoms with E-state index in [0.29, 0.717) is 6.54 Å². The first kappa shape index (κ1) is 18.9. The molecule has 1 unspecified atom stereocenters. The van der Waals surface area contributed by atoms with Crippen LogP contribution >= 0.6 is 0 Å². The molecule has 1 atom stereocenters. The zero-order valence-electron chi connectivity index (χ0n) is 14.3. The summed E-state index contributed by atoms with van der Waals surface area (Å²) in [6.45, 7) is 1.61. The lowest BCUT2D eigenvalue weighted by molar-refractivity contribution is -0.144. The maximum absolute atomic E-state index is 11.8. The first-order valence-electron chi connectivity index (χ1n) is 8.62. The van der Waals surface area contributed by atoms with Gasteiger partial charge in [-0.3, -0.25) is 14.4 Å². The summed E-state index contributed by atoms with van der Waals surface area (Å²) in [6.07, 6.45) is 2.15. The van der Waals surface area contributed by atoms with Crippen molar-refractivity contribution in [1.29, 1.82) is 0 Å². The number of rotatable bonds is 9. The van der Waals surface area contributed by atoms with E-state index in [9.17, 15) is 14.4 Å². The number of hydrogen-bond donors (Lipinski definition) is 3. The zero-order valence-corrected chi connectivity index (χ0v) is 14.3. The predicted octanol–water partition coefficient (Wildman–Crippen LogP) is 0.494. The van der Waals surface area contributed by atoms with E-state index in [2.05, 4.69) is 16.0 Å². The van der Waals surface area contributed by atoms with E-state index in [-0.39, 0.29) is 49.8 Å². The molecule has 1 aliphatic heterocycles. The molecule has 1 aromatic carbocycles. The molecule has 1 fully saturated rings. The predicted molar refractivity (Wildman–Crippen MR) is 92.5 cm³/mol. The maximum atomic E-state index is 11.8. The normalized spacial score (nSPS) is 16.2. The van der Waals surface area contributed by atoms with Crippen LogP contribution in [0.1, 0.15) is 31.2 Å². The Morgan fingerprint density at radius 2 is 1.84 bits per heavy atom. The Morgan fingerprint density at radius 3 is 2.56 bits per heavy atom. The summed E-state index contributed by atoms with van der Waals surface area (Å²) >= 11 is 0. The third kappa shape index (κ3) is 7.34. The number of carbonyl (C=O) groups excluding carboxylic acids is 3. The summed E-state index contributed by atoms with van der Waals surface area (Å²) in [7, 11) is 0. The number of amides is 2. The second-order valence-corrected chi connectivity index (χ2v) is 5.94. The van der Waals surface area contributed by atoms with Crippen LogP contribution in [-0.2, 0) is 25.7 Å². The number of esters is 1. The lowest BCUT2D eigenvalue weighted by Gasteiger charge is -2.11. The minimum Gasteiger partial charge on any atom is -0.461 e. The van der Waals surface area contributed by atoms with Crippen molar-refractivity contribution in [3.63, 3.8) is 0 Å². The number of hydrogen-bond acceptors (Lipinski definition) is 5. The third-order valence-corrected chi connectivity index (χ3v) is 3.92. The summed E-state index contributed by atoms with van der Waals surface area (Å²) in [5.74, 6) is -0.616. The molecule has 0 aromatic heterocycles. The molecule has 0 saturated carbocycles. The van der Waals surface area contributed by atoms with Gasteiger partial charge in [0.2, 0.25) is 11.8 Å². The van der Waals surface area contributed by atoms with Gasteiger partial charge >= 0.3 is 5.97 Å². The van der Waals surface area contributed by atoms with Crippen LogP contribution in [0.4, 0.5) is 0 Å². The summed E-state index contributed by atoms with van der Waals surface area (Å²) < 4.78 is 5.13. The highest BCUT2D eigenvalue weighted by Crippen LogP contribution is 2.04. The second-order valence-electron chi connectivity index (χ2n) is 5.94. The van der Waals surface area contributed by atoms with Crippen molar-refractivity contribution < 1.29 is 19.1 Å². The lowest BCUT2D eigenvalue weighted by Crippen LogP contribution is -2.41. The summed E-state index contributed by atoms with van der Waals surface area (Å²) in [6, 6.07) is 9.28. The minimum absolute atomic E-state index is 0.0604. The first-order valence-corrected chi connectivity index (χ1v) is 8.62. The van der Waals surface area contributed by atoms with Crippen molar-refractivity contribution in [2.24, 2.45) is 0 Å². The van der Waals surface area contributed by atoms with Gasteiger partial charge in [0.15, 0.2) is 0 Å². The van der Waals surface area contributed by atoms with Crippen molar-refractivity contribution in [2.75, 3.05) is 19.6 Å². The van der Waals surface area contributed by atoms with Crippen LogP contribution in [0.2, 0.25) is 0 Å². The van der Waals surface area contributed by atoms with Crippen molar-refractivity contribution in [3.8, 4) is 0 Å². The highest BCUT2D eigenvalue weighted by molar-refractivity contribution is 5.83. The Kier molecular flexibility index (Phi) is 7.91. The van der Waals surface area contributed by atoms with Gasteiger partial charge in [0.05, 0.1) is 12.5 Å². The van der Waals surface area contributed by atoms with Gasteiger partial charge in [-0.15, -0.1) is 0 Å². The molecule has 0 spiro atoms. The molecule has 7 nitrogen and oxygen atoms in total. The summed E-state index contributed by atoms with van der Waals surface area (Å²) in [4.78, 5) is 35.0. The second kappa shape index (κ2) is 10.5. The van der Waals surface area contributed by atoms with Crippen LogP contribution in [0.5, 0.6) is 0 Å². The number of carbonyl (C=O) groups is 3. The van der Waals surface area contributed by atoms with Crippen molar-refractivity contribution in [2.45, 2.75) is 38.3 Å². The highest BCUT2D eigenvalue weighted by Gasteiger charge is 2.21. The fourth-order valence-corrected chi connectivity index (χ4v) is 2.53. The van der Waals surface area contributed by atoms with E-state index in [1.54, 1.807) is 0 Å². The van der Waals surface area contributed by atoms with E-state index in [4.69, 9.17) is 4.74 Å². The van der Waals surface area contributed by atoms with Crippen LogP contribution in [0.3, 0.4) is 0 Å². The van der Waals surface area contributed by atoms with E-state index >= 15 is 0 Å². The first-order chi connectivity index (χ1) is 12.1. The Labute approximate surface area is 147 Å². The molecule has 0 bridgehead atoms. The Hall–Kier alpha value is -2.41. The van der Waals surface area contributed by atoms with Crippen LogP contribution in [-0.4, -0.2) is 43.5 Å². The fourth-order valence-electron chi connectivity index (χ4n) is 2.53. The molecule has 2 amide bonds. The molecule has 2 rings (SSSR count). The molecule has 0 aliphatic carbocycles. The molecule has 0 radical (unpaired) electrons. The zero-order chi connectivity index (χ0) is 17.9. The fraction of sp³-hybridized carbons (Fsp3) is 0.500. The Balaban J connectivity index is 1.50. The molecule has 3 N–H and O–H groups in total. The van der Waals surface area contributed by atoms with Crippen LogP contribution in [0, 0.1) is 0 Å². The largest absolute Gasteiger partial charge is 0.461 e. The van der Waals surface area contributed by atoms with Crippen molar-refractivity contribution in [1.82, 2.24) is 16.0 Å². The number of nitrogens with one attached hydrogen (secondary N) is 3. The van der Waals surface area contributed by atoms with E-state index in [1.807, 2.05) is 30.3 Å². The minimum atomic E-state index is -0.357. The van der Waals surface area contributed by atoms with Gasteiger partial charge in [0, 0.05) is 19.5 Å². The van der Waals surface area contributed by atoms with Crippen molar-refractivity contribution in [3.05, 3.63) is 35.9 Å². The van der Waals surface area contributed by atoms with Crippen LogP contribution < -0.4 is 16.0 Å². The molecule has 136 valence electrons. The van der Waals surface area contributed by atoms with Crippen molar-refractivity contribution >= 4 is 17.8 Å². The Morgan fingerprint density at radius 1 is 1.08 bits per heavy atom. The van der Waals surface area contributed by atoms with Gasteiger partial charge in [0.25, 0.3) is 0 Å². The molecular formula is C18H25N3O4. The van der Waals surface area contributed by atoms with E-state index in [1.165, 1.54) is 0 Å². The van der Waals surface area contributed by atoms with Gasteiger partial charge in [-0.05, 0) is 24.9 Å². The van der Waals surface area contributed by atoms with Gasteiger partial charge < -0.3 is 20.7 Å². The third-order valence-electron chi connectivity index (χ3n) is 3.92. The van der Waals surface area contributed by atoms with Gasteiger partial charge in [0.1, 0.15) is 6.61 Å². The number of ether oxygens (including phenoxy) is 1. The smallest absolute Gasteiger partial charge is 0.307 e. The van der Waals surface area contributed by atoms with Crippen LogP contribution in [0.25, 0.3) is 0 Å². The average molecular weight is 347 g/mol. The summed E-state index contributed by atoms with van der Waals surface area (Å²) in [5.41, 5.74) is 0.923. The summed E-state index contributed by atoms with van der Waals surface area (Å²) in [5, 5.41) is 8.49. The molecule has 1 heterocycles. The number of benzene rings is 1. The molecule has 25 heavy (non-hydrogen) atoms. The molecule has 1 aromatic rings. The van der Waals surface area contributed by atoms with Gasteiger partial charge in [-0.2, -0.15) is 0 Å². The topological polar surface area (TPSA) is 96.5 Å². The highest BCUT2D eigenvalue weighted by atomic mass is 16.5.